The number of hydrogen-bond acceptors (Lipinski definition) is 6. The van der Waals surface area contributed by atoms with Crippen molar-refractivity contribution in [1.29, 1.82) is 0 Å². The van der Waals surface area contributed by atoms with E-state index in [9.17, 15) is 19.7 Å². The molecule has 0 aliphatic rings. The molecule has 7 nitrogen and oxygen atoms in total. The van der Waals surface area contributed by atoms with Crippen LogP contribution in [0.4, 0.5) is 11.4 Å². The van der Waals surface area contributed by atoms with Gasteiger partial charge in [0.25, 0.3) is 11.6 Å². The van der Waals surface area contributed by atoms with Crippen LogP contribution in [0.5, 0.6) is 0 Å². The summed E-state index contributed by atoms with van der Waals surface area (Å²) in [5.41, 5.74) is 0.0107. The van der Waals surface area contributed by atoms with E-state index in [4.69, 9.17) is 16.3 Å². The second-order valence-corrected chi connectivity index (χ2v) is 5.38. The molecule has 22 heavy (non-hydrogen) atoms. The van der Waals surface area contributed by atoms with Crippen molar-refractivity contribution < 1.29 is 19.2 Å². The summed E-state index contributed by atoms with van der Waals surface area (Å²) >= 11 is 7.04. The van der Waals surface area contributed by atoms with Crippen LogP contribution in [0.2, 0.25) is 5.02 Å². The van der Waals surface area contributed by atoms with Crippen molar-refractivity contribution in [3.63, 3.8) is 0 Å². The average molecular weight is 341 g/mol. The molecule has 0 aliphatic heterocycles. The number of anilines is 1. The molecule has 0 spiro atoms. The maximum atomic E-state index is 11.7. The van der Waals surface area contributed by atoms with Gasteiger partial charge in [0.1, 0.15) is 4.88 Å². The number of amides is 1. The molecule has 0 atom stereocenters. The monoisotopic (exact) mass is 340 g/mol. The number of non-ortho nitro benzene ring substituents is 1. The second-order valence-electron chi connectivity index (χ2n) is 4.02. The third-order valence-electron chi connectivity index (χ3n) is 2.49. The summed E-state index contributed by atoms with van der Waals surface area (Å²) in [5, 5.41) is 14.7. The van der Waals surface area contributed by atoms with Crippen molar-refractivity contribution in [3.8, 4) is 0 Å². The minimum Gasteiger partial charge on any atom is -0.451 e. The molecule has 1 aromatic carbocycles. The highest BCUT2D eigenvalue weighted by Gasteiger charge is 2.14. The molecule has 0 saturated carbocycles. The first kappa shape index (κ1) is 15.9. The van der Waals surface area contributed by atoms with Crippen molar-refractivity contribution >= 4 is 46.2 Å². The quantitative estimate of drug-likeness (QED) is 0.512. The van der Waals surface area contributed by atoms with Gasteiger partial charge in [0, 0.05) is 12.1 Å². The van der Waals surface area contributed by atoms with E-state index in [1.807, 2.05) is 0 Å². The van der Waals surface area contributed by atoms with E-state index in [1.54, 1.807) is 17.5 Å². The standard InChI is InChI=1S/C13H9ClN2O5S/c14-9-6-8(16(19)20)3-4-10(9)15-12(17)7-21-13(18)11-2-1-5-22-11/h1-6H,7H2,(H,15,17). The molecule has 1 amide bonds. The predicted octanol–water partition coefficient (Wildman–Crippen LogP) is 3.11. The first-order valence-corrected chi connectivity index (χ1v) is 7.17. The molecule has 1 N–H and O–H groups in total. The third kappa shape index (κ3) is 4.03. The number of rotatable bonds is 5. The number of nitrogens with zero attached hydrogens (tertiary/aromatic N) is 1. The lowest BCUT2D eigenvalue weighted by molar-refractivity contribution is -0.384. The van der Waals surface area contributed by atoms with Crippen LogP contribution in [0.25, 0.3) is 0 Å². The first-order valence-electron chi connectivity index (χ1n) is 5.92. The van der Waals surface area contributed by atoms with Gasteiger partial charge in [-0.1, -0.05) is 17.7 Å². The summed E-state index contributed by atoms with van der Waals surface area (Å²) < 4.78 is 4.83. The zero-order chi connectivity index (χ0) is 16.1. The van der Waals surface area contributed by atoms with Gasteiger partial charge in [-0.2, -0.15) is 0 Å². The summed E-state index contributed by atoms with van der Waals surface area (Å²) in [4.78, 5) is 33.6. The zero-order valence-corrected chi connectivity index (χ0v) is 12.5. The molecule has 2 rings (SSSR count). The lowest BCUT2D eigenvalue weighted by Gasteiger charge is -2.07. The minimum atomic E-state index is -0.597. The van der Waals surface area contributed by atoms with E-state index in [0.29, 0.717) is 4.88 Å². The van der Waals surface area contributed by atoms with Gasteiger partial charge in [-0.3, -0.25) is 14.9 Å². The summed E-state index contributed by atoms with van der Waals surface area (Å²) in [6.45, 7) is -0.482. The van der Waals surface area contributed by atoms with E-state index >= 15 is 0 Å². The van der Waals surface area contributed by atoms with Gasteiger partial charge in [-0.05, 0) is 17.5 Å². The first-order chi connectivity index (χ1) is 10.5. The second kappa shape index (κ2) is 7.01. The Morgan fingerprint density at radius 1 is 1.36 bits per heavy atom. The van der Waals surface area contributed by atoms with Crippen molar-refractivity contribution in [1.82, 2.24) is 0 Å². The molecule has 0 aliphatic carbocycles. The van der Waals surface area contributed by atoms with Gasteiger partial charge in [-0.25, -0.2) is 4.79 Å². The third-order valence-corrected chi connectivity index (χ3v) is 3.66. The van der Waals surface area contributed by atoms with Gasteiger partial charge in [0.15, 0.2) is 6.61 Å². The largest absolute Gasteiger partial charge is 0.451 e. The van der Waals surface area contributed by atoms with Crippen LogP contribution in [-0.4, -0.2) is 23.4 Å². The number of hydrogen-bond donors (Lipinski definition) is 1. The number of nitrogens with one attached hydrogen (secondary N) is 1. The Hall–Kier alpha value is -2.45. The number of esters is 1. The van der Waals surface area contributed by atoms with Crippen LogP contribution in [0.15, 0.2) is 35.7 Å². The van der Waals surface area contributed by atoms with Gasteiger partial charge in [0.05, 0.1) is 15.6 Å². The Balaban J connectivity index is 1.92. The van der Waals surface area contributed by atoms with Crippen LogP contribution in [0.3, 0.4) is 0 Å². The van der Waals surface area contributed by atoms with Gasteiger partial charge < -0.3 is 10.1 Å². The van der Waals surface area contributed by atoms with Crippen LogP contribution >= 0.6 is 22.9 Å². The van der Waals surface area contributed by atoms with Gasteiger partial charge in [-0.15, -0.1) is 11.3 Å². The van der Waals surface area contributed by atoms with E-state index in [1.165, 1.54) is 23.5 Å². The Labute approximate surface area is 133 Å². The van der Waals surface area contributed by atoms with Crippen LogP contribution in [0.1, 0.15) is 9.67 Å². The van der Waals surface area contributed by atoms with Crippen LogP contribution in [-0.2, 0) is 9.53 Å². The number of thiophene rings is 1. The van der Waals surface area contributed by atoms with Gasteiger partial charge in [0.2, 0.25) is 0 Å². The fourth-order valence-corrected chi connectivity index (χ4v) is 2.34. The smallest absolute Gasteiger partial charge is 0.348 e. The maximum Gasteiger partial charge on any atom is 0.348 e. The summed E-state index contributed by atoms with van der Waals surface area (Å²) in [5.74, 6) is -1.19. The van der Waals surface area contributed by atoms with E-state index in [-0.39, 0.29) is 16.4 Å². The lowest BCUT2D eigenvalue weighted by atomic mass is 10.3. The maximum absolute atomic E-state index is 11.7. The normalized spacial score (nSPS) is 10.0. The summed E-state index contributed by atoms with van der Waals surface area (Å²) in [6.07, 6.45) is 0. The predicted molar refractivity (Wildman–Crippen MR) is 81.3 cm³/mol. The topological polar surface area (TPSA) is 98.5 Å². The molecule has 0 unspecified atom stereocenters. The Bertz CT molecular complexity index is 717. The van der Waals surface area contributed by atoms with Gasteiger partial charge >= 0.3 is 5.97 Å². The summed E-state index contributed by atoms with van der Waals surface area (Å²) in [6, 6.07) is 6.91. The molecule has 9 heteroatoms. The SMILES string of the molecule is O=C(COC(=O)c1cccs1)Nc1ccc([N+](=O)[O-])cc1Cl. The van der Waals surface area contributed by atoms with E-state index in [0.717, 1.165) is 6.07 Å². The molecular formula is C13H9ClN2O5S. The van der Waals surface area contributed by atoms with E-state index < -0.39 is 23.4 Å². The average Bonchev–Trinajstić information content (AvgIpc) is 3.01. The lowest BCUT2D eigenvalue weighted by Crippen LogP contribution is -2.20. The minimum absolute atomic E-state index is 0.0205. The Morgan fingerprint density at radius 3 is 2.73 bits per heavy atom. The molecule has 1 heterocycles. The molecule has 0 bridgehead atoms. The number of nitro benzene ring substituents is 1. The highest BCUT2D eigenvalue weighted by atomic mass is 35.5. The molecule has 2 aromatic rings. The number of ether oxygens (including phenoxy) is 1. The number of carbonyl (C=O) groups excluding carboxylic acids is 2. The molecule has 0 saturated heterocycles. The zero-order valence-electron chi connectivity index (χ0n) is 10.9. The van der Waals surface area contributed by atoms with Crippen molar-refractivity contribution in [2.45, 2.75) is 0 Å². The number of carbonyl (C=O) groups is 2. The molecule has 114 valence electrons. The summed E-state index contributed by atoms with van der Waals surface area (Å²) in [7, 11) is 0. The number of halogens is 1. The van der Waals surface area contributed by atoms with Crippen LogP contribution in [0, 0.1) is 10.1 Å². The molecule has 0 radical (unpaired) electrons. The molecule has 0 fully saturated rings. The number of benzene rings is 1. The van der Waals surface area contributed by atoms with Crippen molar-refractivity contribution in [2.75, 3.05) is 11.9 Å². The van der Waals surface area contributed by atoms with Crippen LogP contribution < -0.4 is 5.32 Å². The highest BCUT2D eigenvalue weighted by molar-refractivity contribution is 7.11. The fourth-order valence-electron chi connectivity index (χ4n) is 1.50. The Kier molecular flexibility index (Phi) is 5.08. The highest BCUT2D eigenvalue weighted by Crippen LogP contribution is 2.26. The molecular weight excluding hydrogens is 332 g/mol. The van der Waals surface area contributed by atoms with E-state index in [2.05, 4.69) is 5.32 Å². The van der Waals surface area contributed by atoms with Crippen molar-refractivity contribution in [3.05, 3.63) is 55.7 Å². The Morgan fingerprint density at radius 2 is 2.14 bits per heavy atom. The fraction of sp³-hybridized carbons (Fsp3) is 0.0769. The molecule has 1 aromatic heterocycles. The number of nitro groups is 1. The van der Waals surface area contributed by atoms with Crippen molar-refractivity contribution in [2.24, 2.45) is 0 Å².